The Hall–Kier alpha value is -3.48. The van der Waals surface area contributed by atoms with E-state index in [4.69, 9.17) is 4.74 Å². The number of benzene rings is 2. The van der Waals surface area contributed by atoms with Crippen LogP contribution in [0.4, 0.5) is 0 Å². The van der Waals surface area contributed by atoms with Gasteiger partial charge in [-0.3, -0.25) is 9.59 Å². The second-order valence-electron chi connectivity index (χ2n) is 7.26. The molecule has 4 rings (SSSR count). The van der Waals surface area contributed by atoms with E-state index in [1.807, 2.05) is 49.4 Å². The lowest BCUT2D eigenvalue weighted by atomic mass is 10.2. The van der Waals surface area contributed by atoms with E-state index in [-0.39, 0.29) is 11.5 Å². The predicted molar refractivity (Wildman–Crippen MR) is 115 cm³/mol. The van der Waals surface area contributed by atoms with Crippen LogP contribution in [0.25, 0.3) is 21.9 Å². The standard InChI is InChI=1S/C23H24N4O3/c1-16-24-19-10-4-5-11-20(19)27(16)14-7-15-30-22(28)13-6-12-21-25-18-9-3-2-8-17(18)23(29)26-21/h2-5,8-11H,6-7,12-15H2,1H3,(H,25,26,29). The van der Waals surface area contributed by atoms with E-state index in [1.54, 1.807) is 6.07 Å². The number of hydrogen-bond acceptors (Lipinski definition) is 5. The van der Waals surface area contributed by atoms with E-state index in [0.717, 1.165) is 29.8 Å². The fraction of sp³-hybridized carbons (Fsp3) is 0.304. The summed E-state index contributed by atoms with van der Waals surface area (Å²) in [6.45, 7) is 3.11. The summed E-state index contributed by atoms with van der Waals surface area (Å²) in [5.41, 5.74) is 2.59. The maximum atomic E-state index is 12.1. The summed E-state index contributed by atoms with van der Waals surface area (Å²) in [4.78, 5) is 35.9. The zero-order valence-electron chi connectivity index (χ0n) is 16.9. The van der Waals surface area contributed by atoms with Gasteiger partial charge in [-0.2, -0.15) is 0 Å². The van der Waals surface area contributed by atoms with Crippen molar-refractivity contribution in [2.75, 3.05) is 6.61 Å². The molecular weight excluding hydrogens is 380 g/mol. The minimum Gasteiger partial charge on any atom is -0.466 e. The average Bonchev–Trinajstić information content (AvgIpc) is 3.06. The third-order valence-corrected chi connectivity index (χ3v) is 5.09. The van der Waals surface area contributed by atoms with Gasteiger partial charge in [0.1, 0.15) is 11.6 Å². The summed E-state index contributed by atoms with van der Waals surface area (Å²) >= 11 is 0. The maximum Gasteiger partial charge on any atom is 0.305 e. The van der Waals surface area contributed by atoms with Gasteiger partial charge in [0, 0.05) is 19.4 Å². The van der Waals surface area contributed by atoms with Gasteiger partial charge < -0.3 is 14.3 Å². The van der Waals surface area contributed by atoms with Crippen LogP contribution in [0.3, 0.4) is 0 Å². The highest BCUT2D eigenvalue weighted by atomic mass is 16.5. The van der Waals surface area contributed by atoms with Gasteiger partial charge in [-0.15, -0.1) is 0 Å². The SMILES string of the molecule is Cc1nc2ccccc2n1CCCOC(=O)CCCc1nc2ccccc2c(=O)[nH]1. The highest BCUT2D eigenvalue weighted by Gasteiger charge is 2.08. The third-order valence-electron chi connectivity index (χ3n) is 5.09. The van der Waals surface area contributed by atoms with Crippen LogP contribution in [0, 0.1) is 6.92 Å². The van der Waals surface area contributed by atoms with Crippen molar-refractivity contribution in [3.63, 3.8) is 0 Å². The summed E-state index contributed by atoms with van der Waals surface area (Å²) in [6.07, 6.45) is 2.12. The van der Waals surface area contributed by atoms with E-state index in [9.17, 15) is 9.59 Å². The smallest absolute Gasteiger partial charge is 0.305 e. The number of aryl methyl sites for hydroxylation is 3. The molecule has 4 aromatic rings. The first kappa shape index (κ1) is 19.8. The number of esters is 1. The molecule has 30 heavy (non-hydrogen) atoms. The first-order valence-corrected chi connectivity index (χ1v) is 10.2. The number of hydrogen-bond donors (Lipinski definition) is 1. The van der Waals surface area contributed by atoms with Crippen molar-refractivity contribution in [3.8, 4) is 0 Å². The van der Waals surface area contributed by atoms with E-state index in [0.29, 0.717) is 42.6 Å². The monoisotopic (exact) mass is 404 g/mol. The zero-order valence-corrected chi connectivity index (χ0v) is 16.9. The number of rotatable bonds is 8. The lowest BCUT2D eigenvalue weighted by Crippen LogP contribution is -2.13. The van der Waals surface area contributed by atoms with Gasteiger partial charge in [0.2, 0.25) is 0 Å². The lowest BCUT2D eigenvalue weighted by molar-refractivity contribution is -0.143. The third kappa shape index (κ3) is 4.40. The number of carbonyl (C=O) groups excluding carboxylic acids is 1. The molecule has 0 aliphatic heterocycles. The number of para-hydroxylation sites is 3. The van der Waals surface area contributed by atoms with Crippen molar-refractivity contribution in [2.24, 2.45) is 0 Å². The Balaban J connectivity index is 1.22. The van der Waals surface area contributed by atoms with Crippen LogP contribution >= 0.6 is 0 Å². The van der Waals surface area contributed by atoms with Crippen LogP contribution in [-0.4, -0.2) is 32.1 Å². The summed E-state index contributed by atoms with van der Waals surface area (Å²) in [6, 6.07) is 15.2. The Morgan fingerprint density at radius 3 is 2.67 bits per heavy atom. The summed E-state index contributed by atoms with van der Waals surface area (Å²) in [7, 11) is 0. The maximum absolute atomic E-state index is 12.1. The van der Waals surface area contributed by atoms with Crippen molar-refractivity contribution >= 4 is 27.9 Å². The number of nitrogens with one attached hydrogen (secondary N) is 1. The molecule has 0 radical (unpaired) electrons. The number of ether oxygens (including phenoxy) is 1. The number of aromatic nitrogens is 4. The second-order valence-corrected chi connectivity index (χ2v) is 7.26. The first-order chi connectivity index (χ1) is 14.6. The summed E-state index contributed by atoms with van der Waals surface area (Å²) in [5.74, 6) is 1.32. The first-order valence-electron chi connectivity index (χ1n) is 10.2. The quantitative estimate of drug-likeness (QED) is 0.358. The number of H-pyrrole nitrogens is 1. The molecule has 0 fully saturated rings. The predicted octanol–water partition coefficient (Wildman–Crippen LogP) is 3.54. The van der Waals surface area contributed by atoms with Crippen molar-refractivity contribution in [1.29, 1.82) is 0 Å². The Bertz CT molecular complexity index is 1240. The van der Waals surface area contributed by atoms with Crippen LogP contribution in [0.2, 0.25) is 0 Å². The highest BCUT2D eigenvalue weighted by Crippen LogP contribution is 2.16. The second kappa shape index (κ2) is 8.90. The molecule has 2 aromatic carbocycles. The number of carbonyl (C=O) groups is 1. The Morgan fingerprint density at radius 2 is 1.80 bits per heavy atom. The summed E-state index contributed by atoms with van der Waals surface area (Å²) in [5, 5.41) is 0.571. The molecule has 0 bridgehead atoms. The molecule has 0 atom stereocenters. The van der Waals surface area contributed by atoms with Gasteiger partial charge in [-0.05, 0) is 44.0 Å². The van der Waals surface area contributed by atoms with Crippen molar-refractivity contribution in [2.45, 2.75) is 39.2 Å². The van der Waals surface area contributed by atoms with E-state index in [1.165, 1.54) is 0 Å². The molecule has 1 N–H and O–H groups in total. The van der Waals surface area contributed by atoms with Gasteiger partial charge in [0.15, 0.2) is 0 Å². The fourth-order valence-corrected chi connectivity index (χ4v) is 3.61. The molecule has 154 valence electrons. The minimum atomic E-state index is -0.231. The van der Waals surface area contributed by atoms with E-state index < -0.39 is 0 Å². The van der Waals surface area contributed by atoms with Crippen LogP contribution in [0.15, 0.2) is 53.3 Å². The Morgan fingerprint density at radius 1 is 1.03 bits per heavy atom. The van der Waals surface area contributed by atoms with E-state index >= 15 is 0 Å². The molecule has 0 unspecified atom stereocenters. The van der Waals surface area contributed by atoms with Crippen LogP contribution < -0.4 is 5.56 Å². The number of nitrogens with zero attached hydrogens (tertiary/aromatic N) is 3. The normalized spacial score (nSPS) is 11.2. The molecule has 7 heteroatoms. The largest absolute Gasteiger partial charge is 0.466 e. The molecule has 0 aliphatic carbocycles. The number of imidazole rings is 1. The molecular formula is C23H24N4O3. The van der Waals surface area contributed by atoms with Gasteiger partial charge in [-0.1, -0.05) is 24.3 Å². The van der Waals surface area contributed by atoms with Crippen LogP contribution in [0.5, 0.6) is 0 Å². The summed E-state index contributed by atoms with van der Waals surface area (Å²) < 4.78 is 7.50. The number of aromatic amines is 1. The van der Waals surface area contributed by atoms with Crippen LogP contribution in [-0.2, 0) is 22.5 Å². The Kier molecular flexibility index (Phi) is 5.88. The highest BCUT2D eigenvalue weighted by molar-refractivity contribution is 5.77. The molecule has 2 heterocycles. The molecule has 0 spiro atoms. The fourth-order valence-electron chi connectivity index (χ4n) is 3.61. The van der Waals surface area contributed by atoms with Crippen molar-refractivity contribution in [1.82, 2.24) is 19.5 Å². The number of fused-ring (bicyclic) bond motifs is 2. The van der Waals surface area contributed by atoms with Gasteiger partial charge in [0.05, 0.1) is 28.5 Å². The Labute approximate surface area is 173 Å². The van der Waals surface area contributed by atoms with Gasteiger partial charge in [-0.25, -0.2) is 9.97 Å². The zero-order chi connectivity index (χ0) is 20.9. The molecule has 0 saturated heterocycles. The molecule has 0 amide bonds. The topological polar surface area (TPSA) is 89.9 Å². The molecule has 0 saturated carbocycles. The van der Waals surface area contributed by atoms with Crippen molar-refractivity contribution in [3.05, 3.63) is 70.5 Å². The average molecular weight is 404 g/mol. The van der Waals surface area contributed by atoms with Crippen molar-refractivity contribution < 1.29 is 9.53 Å². The van der Waals surface area contributed by atoms with E-state index in [2.05, 4.69) is 19.5 Å². The lowest BCUT2D eigenvalue weighted by Gasteiger charge is -2.08. The molecule has 2 aromatic heterocycles. The molecule has 0 aliphatic rings. The van der Waals surface area contributed by atoms with Gasteiger partial charge >= 0.3 is 5.97 Å². The van der Waals surface area contributed by atoms with Gasteiger partial charge in [0.25, 0.3) is 5.56 Å². The van der Waals surface area contributed by atoms with Crippen LogP contribution in [0.1, 0.15) is 30.9 Å². The minimum absolute atomic E-state index is 0.152. The molecule has 7 nitrogen and oxygen atoms in total.